The SMILES string of the molecule is Cc1ccc(OC2CCCCCC2O)c(Br)c1. The van der Waals surface area contributed by atoms with Crippen LogP contribution in [0, 0.1) is 6.92 Å². The summed E-state index contributed by atoms with van der Waals surface area (Å²) in [6.07, 6.45) is 4.87. The molecule has 2 rings (SSSR count). The van der Waals surface area contributed by atoms with Gasteiger partial charge >= 0.3 is 0 Å². The Morgan fingerprint density at radius 2 is 2.00 bits per heavy atom. The van der Waals surface area contributed by atoms with Crippen molar-refractivity contribution in [2.75, 3.05) is 0 Å². The number of aliphatic hydroxyl groups excluding tert-OH is 1. The molecule has 1 fully saturated rings. The van der Waals surface area contributed by atoms with Crippen molar-refractivity contribution < 1.29 is 9.84 Å². The summed E-state index contributed by atoms with van der Waals surface area (Å²) in [5.41, 5.74) is 1.20. The fraction of sp³-hybridized carbons (Fsp3) is 0.571. The maximum Gasteiger partial charge on any atom is 0.134 e. The molecule has 0 saturated heterocycles. The summed E-state index contributed by atoms with van der Waals surface area (Å²) in [4.78, 5) is 0. The van der Waals surface area contributed by atoms with Gasteiger partial charge in [-0.05, 0) is 59.8 Å². The predicted molar refractivity (Wildman–Crippen MR) is 72.4 cm³/mol. The van der Waals surface area contributed by atoms with E-state index in [1.54, 1.807) is 0 Å². The Balaban J connectivity index is 2.08. The van der Waals surface area contributed by atoms with Crippen LogP contribution in [0.2, 0.25) is 0 Å². The van der Waals surface area contributed by atoms with Crippen molar-refractivity contribution in [3.63, 3.8) is 0 Å². The molecule has 0 radical (unpaired) electrons. The smallest absolute Gasteiger partial charge is 0.134 e. The fourth-order valence-electron chi connectivity index (χ4n) is 2.26. The molecule has 2 unspecified atom stereocenters. The van der Waals surface area contributed by atoms with Crippen LogP contribution in [-0.4, -0.2) is 17.3 Å². The van der Waals surface area contributed by atoms with Crippen LogP contribution in [0.25, 0.3) is 0 Å². The van der Waals surface area contributed by atoms with E-state index in [-0.39, 0.29) is 12.2 Å². The number of halogens is 1. The Morgan fingerprint density at radius 1 is 1.24 bits per heavy atom. The second-order valence-electron chi connectivity index (χ2n) is 4.80. The van der Waals surface area contributed by atoms with E-state index in [1.165, 1.54) is 12.0 Å². The van der Waals surface area contributed by atoms with Crippen molar-refractivity contribution in [3.8, 4) is 5.75 Å². The molecule has 1 aliphatic rings. The summed E-state index contributed by atoms with van der Waals surface area (Å²) in [5.74, 6) is 0.835. The van der Waals surface area contributed by atoms with Crippen LogP contribution in [0.4, 0.5) is 0 Å². The highest BCUT2D eigenvalue weighted by molar-refractivity contribution is 9.10. The Bertz CT molecular complexity index is 378. The molecular formula is C14H19BrO2. The molecule has 0 aliphatic heterocycles. The van der Waals surface area contributed by atoms with E-state index in [4.69, 9.17) is 4.74 Å². The molecule has 2 atom stereocenters. The second kappa shape index (κ2) is 5.87. The van der Waals surface area contributed by atoms with Crippen molar-refractivity contribution in [1.82, 2.24) is 0 Å². The molecule has 0 heterocycles. The summed E-state index contributed by atoms with van der Waals surface area (Å²) in [6.45, 7) is 2.05. The van der Waals surface area contributed by atoms with Gasteiger partial charge in [0.2, 0.25) is 0 Å². The monoisotopic (exact) mass is 298 g/mol. The summed E-state index contributed by atoms with van der Waals surface area (Å²) in [7, 11) is 0. The van der Waals surface area contributed by atoms with Crippen LogP contribution in [0.1, 0.15) is 37.7 Å². The number of ether oxygens (including phenoxy) is 1. The highest BCUT2D eigenvalue weighted by Crippen LogP contribution is 2.29. The molecule has 1 aliphatic carbocycles. The minimum Gasteiger partial charge on any atom is -0.487 e. The first-order valence-corrected chi connectivity index (χ1v) is 7.07. The summed E-state index contributed by atoms with van der Waals surface area (Å²) < 4.78 is 6.90. The molecule has 3 heteroatoms. The Morgan fingerprint density at radius 3 is 2.76 bits per heavy atom. The molecule has 0 aromatic heterocycles. The molecule has 0 amide bonds. The fourth-order valence-corrected chi connectivity index (χ4v) is 2.84. The zero-order valence-electron chi connectivity index (χ0n) is 10.2. The number of hydrogen-bond donors (Lipinski definition) is 1. The van der Waals surface area contributed by atoms with Gasteiger partial charge in [-0.15, -0.1) is 0 Å². The summed E-state index contributed by atoms with van der Waals surface area (Å²) in [6, 6.07) is 6.04. The van der Waals surface area contributed by atoms with Crippen molar-refractivity contribution in [1.29, 1.82) is 0 Å². The first-order chi connectivity index (χ1) is 8.16. The van der Waals surface area contributed by atoms with Gasteiger partial charge in [-0.2, -0.15) is 0 Å². The molecule has 1 saturated carbocycles. The van der Waals surface area contributed by atoms with Gasteiger partial charge < -0.3 is 9.84 Å². The average Bonchev–Trinajstić information content (AvgIpc) is 2.48. The van der Waals surface area contributed by atoms with E-state index in [9.17, 15) is 5.11 Å². The maximum absolute atomic E-state index is 10.0. The molecule has 0 bridgehead atoms. The topological polar surface area (TPSA) is 29.5 Å². The molecule has 2 nitrogen and oxygen atoms in total. The van der Waals surface area contributed by atoms with Crippen LogP contribution in [-0.2, 0) is 0 Å². The lowest BCUT2D eigenvalue weighted by molar-refractivity contribution is 0.0315. The van der Waals surface area contributed by atoms with Gasteiger partial charge in [0, 0.05) is 0 Å². The van der Waals surface area contributed by atoms with Gasteiger partial charge in [0.05, 0.1) is 10.6 Å². The highest BCUT2D eigenvalue weighted by atomic mass is 79.9. The Kier molecular flexibility index (Phi) is 4.46. The molecule has 1 N–H and O–H groups in total. The van der Waals surface area contributed by atoms with Gasteiger partial charge in [-0.25, -0.2) is 0 Å². The van der Waals surface area contributed by atoms with Crippen LogP contribution < -0.4 is 4.74 Å². The number of aliphatic hydroxyl groups is 1. The largest absolute Gasteiger partial charge is 0.487 e. The maximum atomic E-state index is 10.0. The Labute approximate surface area is 111 Å². The third kappa shape index (κ3) is 3.46. The molecule has 94 valence electrons. The van der Waals surface area contributed by atoms with Gasteiger partial charge in [-0.1, -0.05) is 18.9 Å². The average molecular weight is 299 g/mol. The number of rotatable bonds is 2. The van der Waals surface area contributed by atoms with Crippen molar-refractivity contribution in [2.24, 2.45) is 0 Å². The van der Waals surface area contributed by atoms with E-state index in [0.717, 1.165) is 35.9 Å². The number of aryl methyl sites for hydroxylation is 1. The zero-order valence-corrected chi connectivity index (χ0v) is 11.7. The van der Waals surface area contributed by atoms with E-state index in [2.05, 4.69) is 22.9 Å². The van der Waals surface area contributed by atoms with Crippen LogP contribution in [0.3, 0.4) is 0 Å². The van der Waals surface area contributed by atoms with Crippen LogP contribution in [0.15, 0.2) is 22.7 Å². The molecular weight excluding hydrogens is 280 g/mol. The number of benzene rings is 1. The minimum atomic E-state index is -0.328. The van der Waals surface area contributed by atoms with Gasteiger partial charge in [0.1, 0.15) is 11.9 Å². The van der Waals surface area contributed by atoms with Crippen molar-refractivity contribution in [3.05, 3.63) is 28.2 Å². The van der Waals surface area contributed by atoms with Crippen LogP contribution in [0.5, 0.6) is 5.75 Å². The predicted octanol–water partition coefficient (Wildman–Crippen LogP) is 3.83. The molecule has 17 heavy (non-hydrogen) atoms. The standard InChI is InChI=1S/C14H19BrO2/c1-10-7-8-13(11(15)9-10)17-14-6-4-2-3-5-12(14)16/h7-9,12,14,16H,2-6H2,1H3. The normalized spacial score (nSPS) is 25.4. The highest BCUT2D eigenvalue weighted by Gasteiger charge is 2.23. The summed E-state index contributed by atoms with van der Waals surface area (Å²) in [5, 5.41) is 10.0. The number of hydrogen-bond acceptors (Lipinski definition) is 2. The first-order valence-electron chi connectivity index (χ1n) is 6.27. The Hall–Kier alpha value is -0.540. The second-order valence-corrected chi connectivity index (χ2v) is 5.65. The lowest BCUT2D eigenvalue weighted by Gasteiger charge is -2.22. The van der Waals surface area contributed by atoms with Gasteiger partial charge in [-0.3, -0.25) is 0 Å². The van der Waals surface area contributed by atoms with E-state index < -0.39 is 0 Å². The van der Waals surface area contributed by atoms with E-state index in [0.29, 0.717) is 0 Å². The zero-order chi connectivity index (χ0) is 12.3. The van der Waals surface area contributed by atoms with Gasteiger partial charge in [0.15, 0.2) is 0 Å². The van der Waals surface area contributed by atoms with Crippen molar-refractivity contribution in [2.45, 2.75) is 51.2 Å². The third-order valence-electron chi connectivity index (χ3n) is 3.28. The molecule has 1 aromatic carbocycles. The van der Waals surface area contributed by atoms with E-state index in [1.807, 2.05) is 18.2 Å². The van der Waals surface area contributed by atoms with Crippen LogP contribution >= 0.6 is 15.9 Å². The van der Waals surface area contributed by atoms with E-state index >= 15 is 0 Å². The minimum absolute atomic E-state index is 0.0588. The molecule has 1 aromatic rings. The lowest BCUT2D eigenvalue weighted by Crippen LogP contribution is -2.30. The molecule has 0 spiro atoms. The third-order valence-corrected chi connectivity index (χ3v) is 3.90. The van der Waals surface area contributed by atoms with Crippen molar-refractivity contribution >= 4 is 15.9 Å². The lowest BCUT2D eigenvalue weighted by atomic mass is 10.1. The summed E-state index contributed by atoms with van der Waals surface area (Å²) >= 11 is 3.51. The van der Waals surface area contributed by atoms with Gasteiger partial charge in [0.25, 0.3) is 0 Å². The first kappa shape index (κ1) is 12.9. The quantitative estimate of drug-likeness (QED) is 0.841.